The lowest BCUT2D eigenvalue weighted by Gasteiger charge is -2.13. The van der Waals surface area contributed by atoms with Crippen LogP contribution >= 0.6 is 0 Å². The predicted molar refractivity (Wildman–Crippen MR) is 86.1 cm³/mol. The summed E-state index contributed by atoms with van der Waals surface area (Å²) in [4.78, 5) is 36.4. The lowest BCUT2D eigenvalue weighted by atomic mass is 10.2. The fraction of sp³-hybridized carbons (Fsp3) is 0.438. The number of benzene rings is 1. The van der Waals surface area contributed by atoms with Crippen molar-refractivity contribution in [3.8, 4) is 0 Å². The van der Waals surface area contributed by atoms with Crippen molar-refractivity contribution in [2.75, 3.05) is 6.54 Å². The molecule has 0 aliphatic heterocycles. The first-order valence-corrected chi connectivity index (χ1v) is 7.59. The first-order chi connectivity index (χ1) is 10.6. The average Bonchev–Trinajstić information content (AvgIpc) is 2.52. The van der Waals surface area contributed by atoms with Crippen molar-refractivity contribution in [3.63, 3.8) is 0 Å². The van der Waals surface area contributed by atoms with Crippen molar-refractivity contribution in [3.05, 3.63) is 45.0 Å². The van der Waals surface area contributed by atoms with E-state index in [1.165, 1.54) is 9.13 Å². The van der Waals surface area contributed by atoms with Gasteiger partial charge in [-0.15, -0.1) is 0 Å². The number of carbonyl (C=O) groups is 1. The van der Waals surface area contributed by atoms with Crippen LogP contribution in [-0.4, -0.2) is 21.6 Å². The van der Waals surface area contributed by atoms with Crippen LogP contribution in [0.25, 0.3) is 11.0 Å². The number of carbonyl (C=O) groups excluding carboxylic acids is 1. The molecular weight excluding hydrogens is 282 g/mol. The Bertz CT molecular complexity index is 789. The summed E-state index contributed by atoms with van der Waals surface area (Å²) >= 11 is 0. The molecule has 2 rings (SSSR count). The summed E-state index contributed by atoms with van der Waals surface area (Å²) in [6, 6.07) is 7.13. The minimum absolute atomic E-state index is 0.136. The van der Waals surface area contributed by atoms with E-state index in [1.807, 2.05) is 19.9 Å². The maximum Gasteiger partial charge on any atom is 0.317 e. The van der Waals surface area contributed by atoms with Crippen LogP contribution in [0, 0.1) is 0 Å². The molecular formula is C16H21N3O3. The highest BCUT2D eigenvalue weighted by Gasteiger charge is 2.13. The molecule has 0 spiro atoms. The van der Waals surface area contributed by atoms with Crippen molar-refractivity contribution >= 4 is 16.9 Å². The number of unbranched alkanes of at least 4 members (excludes halogenated alkanes) is 1. The Labute approximate surface area is 128 Å². The monoisotopic (exact) mass is 303 g/mol. The third kappa shape index (κ3) is 3.10. The molecule has 0 unspecified atom stereocenters. The van der Waals surface area contributed by atoms with Gasteiger partial charge in [0.1, 0.15) is 6.54 Å². The topological polar surface area (TPSA) is 73.1 Å². The lowest BCUT2D eigenvalue weighted by molar-refractivity contribution is -0.121. The average molecular weight is 303 g/mol. The van der Waals surface area contributed by atoms with Gasteiger partial charge in [0.2, 0.25) is 5.91 Å². The molecule has 0 bridgehead atoms. The second-order valence-electron chi connectivity index (χ2n) is 5.13. The van der Waals surface area contributed by atoms with Crippen molar-refractivity contribution < 1.29 is 4.79 Å². The van der Waals surface area contributed by atoms with E-state index in [2.05, 4.69) is 5.32 Å². The van der Waals surface area contributed by atoms with Crippen LogP contribution in [0.3, 0.4) is 0 Å². The second kappa shape index (κ2) is 7.06. The van der Waals surface area contributed by atoms with Gasteiger partial charge in [0.05, 0.1) is 11.0 Å². The molecule has 0 radical (unpaired) electrons. The van der Waals surface area contributed by atoms with Crippen molar-refractivity contribution in [2.45, 2.75) is 39.8 Å². The van der Waals surface area contributed by atoms with Gasteiger partial charge in [-0.3, -0.25) is 19.0 Å². The zero-order valence-electron chi connectivity index (χ0n) is 13.0. The zero-order valence-corrected chi connectivity index (χ0v) is 13.0. The summed E-state index contributed by atoms with van der Waals surface area (Å²) in [6.07, 6.45) is 1.87. The molecule has 0 saturated carbocycles. The molecule has 0 saturated heterocycles. The standard InChI is InChI=1S/C16H21N3O3/c1-3-5-10-17-14(20)11-19-13-9-7-6-8-12(13)18(4-2)15(21)16(19)22/h6-9H,3-5,10-11H2,1-2H3,(H,17,20). The van der Waals surface area contributed by atoms with Crippen LogP contribution in [0.2, 0.25) is 0 Å². The van der Waals surface area contributed by atoms with Crippen LogP contribution in [0.4, 0.5) is 0 Å². The first-order valence-electron chi connectivity index (χ1n) is 7.59. The van der Waals surface area contributed by atoms with Crippen LogP contribution in [0.1, 0.15) is 26.7 Å². The second-order valence-corrected chi connectivity index (χ2v) is 5.13. The Hall–Kier alpha value is -2.37. The van der Waals surface area contributed by atoms with E-state index in [0.29, 0.717) is 24.1 Å². The summed E-state index contributed by atoms with van der Waals surface area (Å²) in [5.41, 5.74) is 0.00398. The highest BCUT2D eigenvalue weighted by Crippen LogP contribution is 2.10. The van der Waals surface area contributed by atoms with E-state index in [-0.39, 0.29) is 12.5 Å². The van der Waals surface area contributed by atoms with Gasteiger partial charge in [-0.2, -0.15) is 0 Å². The van der Waals surface area contributed by atoms with E-state index in [4.69, 9.17) is 0 Å². The molecule has 6 nitrogen and oxygen atoms in total. The van der Waals surface area contributed by atoms with Gasteiger partial charge in [0.15, 0.2) is 0 Å². The Kier molecular flexibility index (Phi) is 5.14. The van der Waals surface area contributed by atoms with Gasteiger partial charge in [-0.1, -0.05) is 25.5 Å². The largest absolute Gasteiger partial charge is 0.355 e. The summed E-state index contributed by atoms with van der Waals surface area (Å²) in [7, 11) is 0. The Morgan fingerprint density at radius 3 is 2.23 bits per heavy atom. The summed E-state index contributed by atoms with van der Waals surface area (Å²) < 4.78 is 2.69. The number of hydrogen-bond acceptors (Lipinski definition) is 3. The molecule has 0 aliphatic carbocycles. The summed E-state index contributed by atoms with van der Waals surface area (Å²) in [5.74, 6) is -0.255. The summed E-state index contributed by atoms with van der Waals surface area (Å²) in [5, 5.41) is 2.76. The smallest absolute Gasteiger partial charge is 0.317 e. The molecule has 22 heavy (non-hydrogen) atoms. The van der Waals surface area contributed by atoms with Crippen molar-refractivity contribution in [1.82, 2.24) is 14.5 Å². The highest BCUT2D eigenvalue weighted by molar-refractivity contribution is 5.80. The Morgan fingerprint density at radius 2 is 1.64 bits per heavy atom. The van der Waals surface area contributed by atoms with Gasteiger partial charge in [-0.25, -0.2) is 0 Å². The highest BCUT2D eigenvalue weighted by atomic mass is 16.2. The van der Waals surface area contributed by atoms with Crippen LogP contribution in [-0.2, 0) is 17.9 Å². The zero-order chi connectivity index (χ0) is 16.1. The van der Waals surface area contributed by atoms with E-state index < -0.39 is 11.1 Å². The number of amides is 1. The number of hydrogen-bond donors (Lipinski definition) is 1. The molecule has 0 atom stereocenters. The van der Waals surface area contributed by atoms with Crippen LogP contribution in [0.5, 0.6) is 0 Å². The van der Waals surface area contributed by atoms with Crippen molar-refractivity contribution in [2.24, 2.45) is 0 Å². The van der Waals surface area contributed by atoms with Gasteiger partial charge in [0.25, 0.3) is 0 Å². The fourth-order valence-corrected chi connectivity index (χ4v) is 2.45. The van der Waals surface area contributed by atoms with E-state index >= 15 is 0 Å². The predicted octanol–water partition coefficient (Wildman–Crippen LogP) is 1.10. The van der Waals surface area contributed by atoms with Gasteiger partial charge >= 0.3 is 11.1 Å². The molecule has 118 valence electrons. The van der Waals surface area contributed by atoms with Gasteiger partial charge in [0, 0.05) is 13.1 Å². The number of nitrogens with zero attached hydrogens (tertiary/aromatic N) is 2. The molecule has 6 heteroatoms. The maximum absolute atomic E-state index is 12.3. The molecule has 0 fully saturated rings. The first kappa shape index (κ1) is 16.0. The third-order valence-corrected chi connectivity index (χ3v) is 3.61. The summed E-state index contributed by atoms with van der Waals surface area (Å²) in [6.45, 7) is 4.71. The maximum atomic E-state index is 12.3. The lowest BCUT2D eigenvalue weighted by Crippen LogP contribution is -2.43. The van der Waals surface area contributed by atoms with Gasteiger partial charge < -0.3 is 9.88 Å². The number of rotatable bonds is 6. The van der Waals surface area contributed by atoms with Crippen LogP contribution < -0.4 is 16.4 Å². The molecule has 1 heterocycles. The molecule has 1 aromatic heterocycles. The minimum Gasteiger partial charge on any atom is -0.355 e. The van der Waals surface area contributed by atoms with E-state index in [1.54, 1.807) is 18.2 Å². The number of aryl methyl sites for hydroxylation is 1. The normalized spacial score (nSPS) is 10.8. The van der Waals surface area contributed by atoms with E-state index in [9.17, 15) is 14.4 Å². The molecule has 0 aliphatic rings. The number of fused-ring (bicyclic) bond motifs is 1. The number of aromatic nitrogens is 2. The minimum atomic E-state index is -0.661. The van der Waals surface area contributed by atoms with Crippen molar-refractivity contribution in [1.29, 1.82) is 0 Å². The van der Waals surface area contributed by atoms with E-state index in [0.717, 1.165) is 12.8 Å². The SMILES string of the molecule is CCCCNC(=O)Cn1c(=O)c(=O)n(CC)c2ccccc21. The Balaban J connectivity index is 2.46. The fourth-order valence-electron chi connectivity index (χ4n) is 2.45. The molecule has 1 aromatic carbocycles. The number of para-hydroxylation sites is 2. The van der Waals surface area contributed by atoms with Crippen LogP contribution in [0.15, 0.2) is 33.9 Å². The molecule has 2 aromatic rings. The van der Waals surface area contributed by atoms with Gasteiger partial charge in [-0.05, 0) is 25.5 Å². The number of nitrogens with one attached hydrogen (secondary N) is 1. The molecule has 1 N–H and O–H groups in total. The third-order valence-electron chi connectivity index (χ3n) is 3.61. The molecule has 1 amide bonds. The Morgan fingerprint density at radius 1 is 1.05 bits per heavy atom. The quantitative estimate of drug-likeness (QED) is 0.641.